The van der Waals surface area contributed by atoms with E-state index >= 15 is 0 Å². The molecule has 6 heteroatoms. The van der Waals surface area contributed by atoms with Crippen LogP contribution in [0.5, 0.6) is 0 Å². The number of rotatable bonds is 6. The van der Waals surface area contributed by atoms with Crippen LogP contribution in [-0.2, 0) is 14.9 Å². The highest BCUT2D eigenvalue weighted by molar-refractivity contribution is 7.90. The van der Waals surface area contributed by atoms with Gasteiger partial charge in [0, 0.05) is 20.2 Å². The van der Waals surface area contributed by atoms with E-state index in [9.17, 15) is 8.42 Å². The van der Waals surface area contributed by atoms with Crippen LogP contribution in [0.15, 0.2) is 24.3 Å². The molecular formula is C13H22N2O3S. The van der Waals surface area contributed by atoms with Gasteiger partial charge in [-0.15, -0.1) is 0 Å². The molecule has 0 bridgehead atoms. The summed E-state index contributed by atoms with van der Waals surface area (Å²) in [5.74, 6) is 0. The van der Waals surface area contributed by atoms with E-state index in [1.807, 2.05) is 26.8 Å². The van der Waals surface area contributed by atoms with Crippen LogP contribution in [0.2, 0.25) is 0 Å². The molecule has 0 saturated carbocycles. The Morgan fingerprint density at radius 2 is 1.89 bits per heavy atom. The molecule has 1 aromatic rings. The molecule has 0 saturated heterocycles. The topological polar surface area (TPSA) is 58.6 Å². The molecule has 19 heavy (non-hydrogen) atoms. The fourth-order valence-electron chi connectivity index (χ4n) is 1.49. The maximum Gasteiger partial charge on any atom is 0.301 e. The fraction of sp³-hybridized carbons (Fsp3) is 0.538. The number of nitrogens with one attached hydrogen (secondary N) is 1. The predicted molar refractivity (Wildman–Crippen MR) is 77.3 cm³/mol. The van der Waals surface area contributed by atoms with Crippen molar-refractivity contribution >= 4 is 15.9 Å². The molecule has 0 aliphatic heterocycles. The number of anilines is 1. The van der Waals surface area contributed by atoms with Gasteiger partial charge in [-0.05, 0) is 38.5 Å². The van der Waals surface area contributed by atoms with Gasteiger partial charge in [0.1, 0.15) is 0 Å². The Bertz CT molecular complexity index is 514. The summed E-state index contributed by atoms with van der Waals surface area (Å²) < 4.78 is 33.2. The number of benzene rings is 1. The maximum absolute atomic E-state index is 12.1. The van der Waals surface area contributed by atoms with Crippen LogP contribution in [0.3, 0.4) is 0 Å². The highest BCUT2D eigenvalue weighted by Crippen LogP contribution is 2.21. The van der Waals surface area contributed by atoms with E-state index in [0.717, 1.165) is 5.56 Å². The third-order valence-electron chi connectivity index (χ3n) is 3.06. The third-order valence-corrected chi connectivity index (χ3v) is 4.74. The minimum atomic E-state index is -3.52. The molecule has 0 heterocycles. The second kappa shape index (κ2) is 6.36. The zero-order chi connectivity index (χ0) is 14.6. The standard InChI is InChI=1S/C13H22N2O3S/c1-10(2)15(4)19(16,17)14-13-8-6-7-12(9-13)11(3)18-5/h6-11,14H,1-5H3/t11-/m0/s1. The highest BCUT2D eigenvalue weighted by atomic mass is 32.2. The Morgan fingerprint density at radius 3 is 2.42 bits per heavy atom. The molecule has 0 amide bonds. The minimum Gasteiger partial charge on any atom is -0.377 e. The van der Waals surface area contributed by atoms with E-state index in [2.05, 4.69) is 4.72 Å². The minimum absolute atomic E-state index is 0.0766. The Labute approximate surface area is 115 Å². The average Bonchev–Trinajstić information content (AvgIpc) is 2.36. The molecule has 0 unspecified atom stereocenters. The van der Waals surface area contributed by atoms with Crippen LogP contribution in [0.1, 0.15) is 32.4 Å². The number of methoxy groups -OCH3 is 1. The van der Waals surface area contributed by atoms with Gasteiger partial charge in [-0.25, -0.2) is 0 Å². The van der Waals surface area contributed by atoms with E-state index in [1.165, 1.54) is 4.31 Å². The molecule has 5 nitrogen and oxygen atoms in total. The van der Waals surface area contributed by atoms with Gasteiger partial charge in [0.05, 0.1) is 11.8 Å². The van der Waals surface area contributed by atoms with Crippen LogP contribution in [0.4, 0.5) is 5.69 Å². The fourth-order valence-corrected chi connectivity index (χ4v) is 2.61. The Hall–Kier alpha value is -1.11. The lowest BCUT2D eigenvalue weighted by molar-refractivity contribution is 0.119. The van der Waals surface area contributed by atoms with E-state index in [1.54, 1.807) is 32.4 Å². The molecule has 0 aliphatic carbocycles. The monoisotopic (exact) mass is 286 g/mol. The summed E-state index contributed by atoms with van der Waals surface area (Å²) in [4.78, 5) is 0. The zero-order valence-electron chi connectivity index (χ0n) is 12.0. The van der Waals surface area contributed by atoms with Crippen molar-refractivity contribution in [1.29, 1.82) is 0 Å². The smallest absolute Gasteiger partial charge is 0.301 e. The molecule has 0 spiro atoms. The van der Waals surface area contributed by atoms with Gasteiger partial charge >= 0.3 is 10.2 Å². The first-order valence-electron chi connectivity index (χ1n) is 6.16. The van der Waals surface area contributed by atoms with Crippen molar-refractivity contribution in [3.8, 4) is 0 Å². The van der Waals surface area contributed by atoms with Crippen molar-refractivity contribution in [3.05, 3.63) is 29.8 Å². The molecule has 0 radical (unpaired) electrons. The summed E-state index contributed by atoms with van der Waals surface area (Å²) in [5, 5.41) is 0. The number of ether oxygens (including phenoxy) is 1. The van der Waals surface area contributed by atoms with E-state index in [-0.39, 0.29) is 12.1 Å². The average molecular weight is 286 g/mol. The lowest BCUT2D eigenvalue weighted by atomic mass is 10.1. The Balaban J connectivity index is 2.94. The third kappa shape index (κ3) is 4.19. The number of nitrogens with zero attached hydrogens (tertiary/aromatic N) is 1. The molecule has 1 N–H and O–H groups in total. The lowest BCUT2D eigenvalue weighted by Crippen LogP contribution is -2.37. The van der Waals surface area contributed by atoms with Crippen LogP contribution in [0, 0.1) is 0 Å². The maximum atomic E-state index is 12.1. The van der Waals surface area contributed by atoms with Crippen molar-refractivity contribution in [2.45, 2.75) is 32.9 Å². The molecule has 0 fully saturated rings. The summed E-state index contributed by atoms with van der Waals surface area (Å²) in [6, 6.07) is 7.10. The molecule has 108 valence electrons. The van der Waals surface area contributed by atoms with Crippen LogP contribution >= 0.6 is 0 Å². The summed E-state index contributed by atoms with van der Waals surface area (Å²) in [6.07, 6.45) is -0.0766. The molecular weight excluding hydrogens is 264 g/mol. The van der Waals surface area contributed by atoms with Gasteiger partial charge in [-0.1, -0.05) is 12.1 Å². The van der Waals surface area contributed by atoms with Gasteiger partial charge in [0.15, 0.2) is 0 Å². The quantitative estimate of drug-likeness (QED) is 0.873. The van der Waals surface area contributed by atoms with Gasteiger partial charge in [-0.2, -0.15) is 12.7 Å². The summed E-state index contributed by atoms with van der Waals surface area (Å²) in [7, 11) is -0.350. The van der Waals surface area contributed by atoms with E-state index < -0.39 is 10.2 Å². The molecule has 0 aromatic heterocycles. The molecule has 1 atom stereocenters. The van der Waals surface area contributed by atoms with E-state index in [0.29, 0.717) is 5.69 Å². The first kappa shape index (κ1) is 15.9. The van der Waals surface area contributed by atoms with Crippen molar-refractivity contribution < 1.29 is 13.2 Å². The SMILES string of the molecule is CO[C@@H](C)c1cccc(NS(=O)(=O)N(C)C(C)C)c1. The zero-order valence-corrected chi connectivity index (χ0v) is 12.9. The van der Waals surface area contributed by atoms with Gasteiger partial charge in [0.2, 0.25) is 0 Å². The molecule has 0 aliphatic rings. The van der Waals surface area contributed by atoms with Crippen molar-refractivity contribution in [3.63, 3.8) is 0 Å². The first-order chi connectivity index (χ1) is 8.77. The van der Waals surface area contributed by atoms with Gasteiger partial charge in [0.25, 0.3) is 0 Å². The second-order valence-electron chi connectivity index (χ2n) is 4.72. The van der Waals surface area contributed by atoms with Crippen molar-refractivity contribution in [2.75, 3.05) is 18.9 Å². The second-order valence-corrected chi connectivity index (χ2v) is 6.45. The van der Waals surface area contributed by atoms with Crippen LogP contribution in [0.25, 0.3) is 0 Å². The summed E-state index contributed by atoms with van der Waals surface area (Å²) >= 11 is 0. The van der Waals surface area contributed by atoms with Gasteiger partial charge < -0.3 is 4.74 Å². The summed E-state index contributed by atoms with van der Waals surface area (Å²) in [6.45, 7) is 5.55. The predicted octanol–water partition coefficient (Wildman–Crippen LogP) is 2.39. The highest BCUT2D eigenvalue weighted by Gasteiger charge is 2.20. The summed E-state index contributed by atoms with van der Waals surface area (Å²) in [5.41, 5.74) is 1.46. The Kier molecular flexibility index (Phi) is 5.34. The molecule has 1 rings (SSSR count). The number of hydrogen-bond acceptors (Lipinski definition) is 3. The molecule has 1 aromatic carbocycles. The lowest BCUT2D eigenvalue weighted by Gasteiger charge is -2.22. The van der Waals surface area contributed by atoms with Gasteiger partial charge in [-0.3, -0.25) is 4.72 Å². The van der Waals surface area contributed by atoms with Crippen LogP contribution < -0.4 is 4.72 Å². The Morgan fingerprint density at radius 1 is 1.26 bits per heavy atom. The van der Waals surface area contributed by atoms with Crippen LogP contribution in [-0.4, -0.2) is 32.9 Å². The normalized spacial score (nSPS) is 13.8. The number of hydrogen-bond donors (Lipinski definition) is 1. The first-order valence-corrected chi connectivity index (χ1v) is 7.60. The van der Waals surface area contributed by atoms with E-state index in [4.69, 9.17) is 4.74 Å². The van der Waals surface area contributed by atoms with Crippen molar-refractivity contribution in [2.24, 2.45) is 0 Å². The largest absolute Gasteiger partial charge is 0.377 e. The van der Waals surface area contributed by atoms with Crippen molar-refractivity contribution in [1.82, 2.24) is 4.31 Å².